The molecule has 1 amide bonds. The summed E-state index contributed by atoms with van der Waals surface area (Å²) in [4.78, 5) is 15.9. The van der Waals surface area contributed by atoms with Gasteiger partial charge in [-0.05, 0) is 42.2 Å². The van der Waals surface area contributed by atoms with Gasteiger partial charge in [-0.15, -0.1) is 0 Å². The maximum atomic E-state index is 11.6. The molecule has 1 aromatic rings. The number of nitrogens with zero attached hydrogens (tertiary/aromatic N) is 2. The van der Waals surface area contributed by atoms with Crippen molar-refractivity contribution < 1.29 is 9.90 Å². The summed E-state index contributed by atoms with van der Waals surface area (Å²) in [6.07, 6.45) is 3.76. The van der Waals surface area contributed by atoms with E-state index in [2.05, 4.69) is 43.9 Å². The van der Waals surface area contributed by atoms with E-state index in [4.69, 9.17) is 0 Å². The van der Waals surface area contributed by atoms with Crippen molar-refractivity contribution in [3.63, 3.8) is 0 Å². The molecule has 24 heavy (non-hydrogen) atoms. The van der Waals surface area contributed by atoms with Crippen molar-refractivity contribution in [3.8, 4) is 0 Å². The van der Waals surface area contributed by atoms with E-state index in [1.165, 1.54) is 29.7 Å². The Labute approximate surface area is 144 Å². The molecule has 3 heterocycles. The standard InChI is InChI=1S/C20H28N2O2/c1-19(2,3)20-10-12-21(18(23)24)13-16(20)15-9-6-8-14-7-4-5-11-22(20)17(14)15/h6,8-9,16H,4-5,7,10-13H2,1-3H3,(H,23,24)/t16-,20-/m1/s1. The highest BCUT2D eigenvalue weighted by atomic mass is 16.4. The van der Waals surface area contributed by atoms with Crippen molar-refractivity contribution in [2.45, 2.75) is 57.9 Å². The number of rotatable bonds is 0. The van der Waals surface area contributed by atoms with Gasteiger partial charge in [-0.1, -0.05) is 39.0 Å². The number of carbonyl (C=O) groups is 1. The molecule has 3 aliphatic rings. The van der Waals surface area contributed by atoms with Crippen LogP contribution in [0.3, 0.4) is 0 Å². The molecule has 1 aromatic carbocycles. The predicted octanol–water partition coefficient (Wildman–Crippen LogP) is 4.10. The molecule has 130 valence electrons. The molecule has 0 spiro atoms. The van der Waals surface area contributed by atoms with Gasteiger partial charge in [0, 0.05) is 31.2 Å². The Morgan fingerprint density at radius 3 is 2.75 bits per heavy atom. The first-order valence-corrected chi connectivity index (χ1v) is 9.23. The largest absolute Gasteiger partial charge is 0.465 e. The molecule has 3 aliphatic heterocycles. The van der Waals surface area contributed by atoms with E-state index >= 15 is 0 Å². The number of amides is 1. The zero-order valence-corrected chi connectivity index (χ0v) is 15.0. The van der Waals surface area contributed by atoms with Crippen LogP contribution >= 0.6 is 0 Å². The van der Waals surface area contributed by atoms with Crippen molar-refractivity contribution in [2.24, 2.45) is 5.41 Å². The van der Waals surface area contributed by atoms with Crippen molar-refractivity contribution in [2.75, 3.05) is 24.5 Å². The molecule has 0 bridgehead atoms. The molecule has 0 unspecified atom stereocenters. The van der Waals surface area contributed by atoms with Crippen molar-refractivity contribution in [1.29, 1.82) is 0 Å². The van der Waals surface area contributed by atoms with Gasteiger partial charge < -0.3 is 14.9 Å². The van der Waals surface area contributed by atoms with E-state index in [0.717, 1.165) is 19.4 Å². The van der Waals surface area contributed by atoms with E-state index in [1.54, 1.807) is 4.90 Å². The van der Waals surface area contributed by atoms with Crippen LogP contribution in [-0.4, -0.2) is 41.3 Å². The van der Waals surface area contributed by atoms with Gasteiger partial charge in [0.15, 0.2) is 0 Å². The highest BCUT2D eigenvalue weighted by Crippen LogP contribution is 2.60. The Bertz CT molecular complexity index is 679. The van der Waals surface area contributed by atoms with Gasteiger partial charge in [0.05, 0.1) is 5.54 Å². The predicted molar refractivity (Wildman–Crippen MR) is 95.9 cm³/mol. The normalized spacial score (nSPS) is 29.0. The number of piperidine rings is 1. The summed E-state index contributed by atoms with van der Waals surface area (Å²) < 4.78 is 0. The van der Waals surface area contributed by atoms with Crippen LogP contribution in [0.2, 0.25) is 0 Å². The fraction of sp³-hybridized carbons (Fsp3) is 0.650. The number of para-hydroxylation sites is 1. The van der Waals surface area contributed by atoms with Crippen LogP contribution < -0.4 is 4.90 Å². The molecule has 0 aromatic heterocycles. The van der Waals surface area contributed by atoms with Gasteiger partial charge >= 0.3 is 6.09 Å². The number of hydrogen-bond donors (Lipinski definition) is 1. The summed E-state index contributed by atoms with van der Waals surface area (Å²) in [5, 5.41) is 9.54. The highest BCUT2D eigenvalue weighted by molar-refractivity contribution is 5.72. The first-order chi connectivity index (χ1) is 11.4. The van der Waals surface area contributed by atoms with E-state index in [1.807, 2.05) is 0 Å². The molecule has 0 radical (unpaired) electrons. The lowest BCUT2D eigenvalue weighted by Gasteiger charge is -2.56. The maximum Gasteiger partial charge on any atom is 0.407 e. The molecule has 4 rings (SSSR count). The lowest BCUT2D eigenvalue weighted by Crippen LogP contribution is -2.64. The van der Waals surface area contributed by atoms with E-state index in [-0.39, 0.29) is 16.9 Å². The fourth-order valence-corrected chi connectivity index (χ4v) is 5.62. The first kappa shape index (κ1) is 15.8. The lowest BCUT2D eigenvalue weighted by molar-refractivity contribution is 0.0571. The SMILES string of the molecule is CC(C)(C)[C@@]12CCN(C(=O)O)C[C@@H]1c1cccc3c1N2CCCC3. The average Bonchev–Trinajstić information content (AvgIpc) is 2.66. The Morgan fingerprint density at radius 1 is 1.25 bits per heavy atom. The molecule has 1 saturated heterocycles. The Hall–Kier alpha value is -1.71. The minimum atomic E-state index is -0.777. The molecular formula is C20H28N2O2. The topological polar surface area (TPSA) is 43.8 Å². The quantitative estimate of drug-likeness (QED) is 0.780. The van der Waals surface area contributed by atoms with Gasteiger partial charge in [0.25, 0.3) is 0 Å². The fourth-order valence-electron chi connectivity index (χ4n) is 5.62. The molecule has 0 saturated carbocycles. The second-order valence-electron chi connectivity index (χ2n) is 8.67. The zero-order chi connectivity index (χ0) is 17.1. The van der Waals surface area contributed by atoms with Crippen LogP contribution in [0, 0.1) is 5.41 Å². The van der Waals surface area contributed by atoms with E-state index in [9.17, 15) is 9.90 Å². The highest BCUT2D eigenvalue weighted by Gasteiger charge is 2.60. The smallest absolute Gasteiger partial charge is 0.407 e. The molecule has 4 nitrogen and oxygen atoms in total. The van der Waals surface area contributed by atoms with E-state index in [0.29, 0.717) is 13.1 Å². The summed E-state index contributed by atoms with van der Waals surface area (Å²) in [5.41, 5.74) is 4.41. The van der Waals surface area contributed by atoms with Crippen LogP contribution in [-0.2, 0) is 6.42 Å². The molecule has 4 heteroatoms. The van der Waals surface area contributed by atoms with Gasteiger partial charge in [-0.25, -0.2) is 4.79 Å². The number of anilines is 1. The Balaban J connectivity index is 1.91. The Kier molecular flexibility index (Phi) is 3.38. The minimum Gasteiger partial charge on any atom is -0.465 e. The number of fused-ring (bicyclic) bond motifs is 3. The third-order valence-electron chi connectivity index (χ3n) is 6.67. The molecule has 1 fully saturated rings. The molecule has 0 aliphatic carbocycles. The first-order valence-electron chi connectivity index (χ1n) is 9.23. The van der Waals surface area contributed by atoms with Crippen LogP contribution in [0.4, 0.5) is 10.5 Å². The summed E-state index contributed by atoms with van der Waals surface area (Å²) in [7, 11) is 0. The molecule has 1 N–H and O–H groups in total. The average molecular weight is 328 g/mol. The summed E-state index contributed by atoms with van der Waals surface area (Å²) in [6.45, 7) is 9.39. The molecular weight excluding hydrogens is 300 g/mol. The van der Waals surface area contributed by atoms with Crippen LogP contribution in [0.15, 0.2) is 18.2 Å². The number of carboxylic acid groups (broad SMARTS) is 1. The number of likely N-dealkylation sites (tertiary alicyclic amines) is 1. The van der Waals surface area contributed by atoms with Gasteiger partial charge in [0.2, 0.25) is 0 Å². The maximum absolute atomic E-state index is 11.6. The van der Waals surface area contributed by atoms with Gasteiger partial charge in [0.1, 0.15) is 0 Å². The van der Waals surface area contributed by atoms with Crippen molar-refractivity contribution in [1.82, 2.24) is 4.90 Å². The van der Waals surface area contributed by atoms with Crippen LogP contribution in [0.25, 0.3) is 0 Å². The summed E-state index contributed by atoms with van der Waals surface area (Å²) in [5.74, 6) is 0.274. The van der Waals surface area contributed by atoms with Crippen molar-refractivity contribution in [3.05, 3.63) is 29.3 Å². The van der Waals surface area contributed by atoms with Crippen LogP contribution in [0.5, 0.6) is 0 Å². The third kappa shape index (κ3) is 1.95. The van der Waals surface area contributed by atoms with E-state index < -0.39 is 6.09 Å². The Morgan fingerprint density at radius 2 is 2.04 bits per heavy atom. The monoisotopic (exact) mass is 328 g/mol. The van der Waals surface area contributed by atoms with Gasteiger partial charge in [-0.3, -0.25) is 0 Å². The summed E-state index contributed by atoms with van der Waals surface area (Å²) >= 11 is 0. The summed E-state index contributed by atoms with van der Waals surface area (Å²) in [6, 6.07) is 6.70. The lowest BCUT2D eigenvalue weighted by atomic mass is 9.62. The number of benzene rings is 1. The zero-order valence-electron chi connectivity index (χ0n) is 15.0. The third-order valence-corrected chi connectivity index (χ3v) is 6.67. The van der Waals surface area contributed by atoms with Gasteiger partial charge in [-0.2, -0.15) is 0 Å². The van der Waals surface area contributed by atoms with Crippen molar-refractivity contribution >= 4 is 11.8 Å². The number of hydrogen-bond acceptors (Lipinski definition) is 2. The molecule has 2 atom stereocenters. The van der Waals surface area contributed by atoms with Crippen LogP contribution in [0.1, 0.15) is 57.1 Å². The second kappa shape index (κ2) is 5.14. The minimum absolute atomic E-state index is 0.0295. The number of aryl methyl sites for hydroxylation is 1. The second-order valence-corrected chi connectivity index (χ2v) is 8.67.